The fourth-order valence-corrected chi connectivity index (χ4v) is 7.24. The molecule has 4 heterocycles. The van der Waals surface area contributed by atoms with Crippen LogP contribution in [0.4, 0.5) is 0 Å². The summed E-state index contributed by atoms with van der Waals surface area (Å²) in [4.78, 5) is 33.7. The lowest BCUT2D eigenvalue weighted by molar-refractivity contribution is -0.138. The van der Waals surface area contributed by atoms with Gasteiger partial charge in [-0.25, -0.2) is 9.79 Å². The maximum Gasteiger partial charge on any atom is 0.338 e. The van der Waals surface area contributed by atoms with E-state index in [9.17, 15) is 9.59 Å². The molecular formula is C35H37N3O6S. The maximum atomic E-state index is 14.4. The summed E-state index contributed by atoms with van der Waals surface area (Å²) in [6, 6.07) is 16.2. The number of nitrogens with zero attached hydrogens (tertiary/aromatic N) is 3. The largest absolute Gasteiger partial charge is 0.493 e. The Kier molecular flexibility index (Phi) is 8.78. The third kappa shape index (κ3) is 5.64. The minimum atomic E-state index is -0.880. The molecule has 2 aliphatic heterocycles. The molecule has 2 aromatic heterocycles. The molecule has 0 radical (unpaired) electrons. The summed E-state index contributed by atoms with van der Waals surface area (Å²) in [5, 5.41) is 0. The number of rotatable bonds is 9. The first kappa shape index (κ1) is 30.6. The smallest absolute Gasteiger partial charge is 0.338 e. The highest BCUT2D eigenvalue weighted by molar-refractivity contribution is 7.07. The van der Waals surface area contributed by atoms with Crippen LogP contribution >= 0.6 is 11.3 Å². The Bertz CT molecular complexity index is 1950. The number of aryl methyl sites for hydroxylation is 1. The van der Waals surface area contributed by atoms with E-state index in [1.165, 1.54) is 11.3 Å². The second-order valence-electron chi connectivity index (χ2n) is 11.1. The molecule has 2 aliphatic rings. The first-order chi connectivity index (χ1) is 21.9. The van der Waals surface area contributed by atoms with Crippen molar-refractivity contribution in [1.82, 2.24) is 9.13 Å². The molecule has 234 valence electrons. The van der Waals surface area contributed by atoms with Gasteiger partial charge in [-0.05, 0) is 57.4 Å². The van der Waals surface area contributed by atoms with Crippen LogP contribution in [-0.2, 0) is 20.8 Å². The molecule has 4 aromatic rings. The van der Waals surface area contributed by atoms with Crippen LogP contribution in [0.1, 0.15) is 53.9 Å². The van der Waals surface area contributed by atoms with Gasteiger partial charge in [0.2, 0.25) is 0 Å². The van der Waals surface area contributed by atoms with E-state index in [-0.39, 0.29) is 23.8 Å². The van der Waals surface area contributed by atoms with Crippen molar-refractivity contribution >= 4 is 29.1 Å². The van der Waals surface area contributed by atoms with Crippen LogP contribution in [0.5, 0.6) is 11.5 Å². The van der Waals surface area contributed by atoms with Gasteiger partial charge in [-0.15, -0.1) is 0 Å². The molecule has 6 rings (SSSR count). The topological polar surface area (TPSA) is 93.3 Å². The van der Waals surface area contributed by atoms with E-state index in [4.69, 9.17) is 23.9 Å². The molecule has 10 heteroatoms. The Morgan fingerprint density at radius 2 is 1.91 bits per heavy atom. The summed E-state index contributed by atoms with van der Waals surface area (Å²) >= 11 is 1.30. The van der Waals surface area contributed by atoms with Crippen molar-refractivity contribution in [2.75, 3.05) is 27.4 Å². The van der Waals surface area contributed by atoms with E-state index in [1.54, 1.807) is 31.8 Å². The zero-order chi connectivity index (χ0) is 31.7. The number of carbonyl (C=O) groups is 1. The van der Waals surface area contributed by atoms with Crippen LogP contribution in [-0.4, -0.2) is 48.6 Å². The van der Waals surface area contributed by atoms with Gasteiger partial charge in [0, 0.05) is 35.7 Å². The first-order valence-electron chi connectivity index (χ1n) is 15.1. The van der Waals surface area contributed by atoms with Crippen LogP contribution < -0.4 is 24.4 Å². The van der Waals surface area contributed by atoms with Crippen molar-refractivity contribution in [2.24, 2.45) is 4.99 Å². The van der Waals surface area contributed by atoms with Gasteiger partial charge in [-0.3, -0.25) is 9.36 Å². The van der Waals surface area contributed by atoms with E-state index in [1.807, 2.05) is 48.5 Å². The van der Waals surface area contributed by atoms with Gasteiger partial charge in [-0.2, -0.15) is 0 Å². The lowest BCUT2D eigenvalue weighted by atomic mass is 9.92. The second kappa shape index (κ2) is 12.9. The van der Waals surface area contributed by atoms with E-state index in [2.05, 4.69) is 24.5 Å². The number of fused-ring (bicyclic) bond motifs is 1. The molecule has 0 saturated carbocycles. The van der Waals surface area contributed by atoms with Crippen molar-refractivity contribution in [3.8, 4) is 11.5 Å². The van der Waals surface area contributed by atoms with Crippen LogP contribution in [0, 0.1) is 13.8 Å². The molecule has 2 aromatic carbocycles. The number of aromatic nitrogens is 2. The number of ether oxygens (including phenoxy) is 4. The minimum absolute atomic E-state index is 0.165. The number of hydrogen-bond donors (Lipinski definition) is 0. The first-order valence-corrected chi connectivity index (χ1v) is 16.0. The Morgan fingerprint density at radius 3 is 2.60 bits per heavy atom. The van der Waals surface area contributed by atoms with Crippen LogP contribution in [0.25, 0.3) is 11.8 Å². The standard InChI is InChI=1S/C35H37N3O6S/c1-6-43-34(40)29-30(23-12-8-7-9-13-23)36-35-38(31(29)26-15-10-16-27(41-4)32(26)42-5)33(39)28(45-35)19-24-18-21(2)37(22(24)3)20-25-14-11-17-44-25/h7-10,12-13,15-16,18-19,25,31H,6,11,14,17,20H2,1-5H3/b28-19-/t25-,31+/m0/s1. The van der Waals surface area contributed by atoms with Crippen LogP contribution in [0.2, 0.25) is 0 Å². The van der Waals surface area contributed by atoms with E-state index >= 15 is 0 Å². The Labute approximate surface area is 265 Å². The zero-order valence-corrected chi connectivity index (χ0v) is 27.0. The van der Waals surface area contributed by atoms with Gasteiger partial charge in [-0.1, -0.05) is 53.8 Å². The van der Waals surface area contributed by atoms with Crippen molar-refractivity contribution in [1.29, 1.82) is 0 Å². The summed E-state index contributed by atoms with van der Waals surface area (Å²) in [5.74, 6) is 0.354. The minimum Gasteiger partial charge on any atom is -0.493 e. The average Bonchev–Trinajstić information content (AvgIpc) is 3.75. The SMILES string of the molecule is CCOC(=O)C1=C(c2ccccc2)N=c2s/c(=C\c3cc(C)n(C[C@@H]4CCCO4)c3C)c(=O)n2[C@@H]1c1cccc(OC)c1OC. The molecule has 0 bridgehead atoms. The second-order valence-corrected chi connectivity index (χ2v) is 12.1. The maximum absolute atomic E-state index is 14.4. The van der Waals surface area contributed by atoms with Crippen LogP contribution in [0.3, 0.4) is 0 Å². The lowest BCUT2D eigenvalue weighted by Gasteiger charge is -2.27. The fourth-order valence-electron chi connectivity index (χ4n) is 6.25. The Hall–Kier alpha value is -4.41. The predicted octanol–water partition coefficient (Wildman–Crippen LogP) is 4.55. The summed E-state index contributed by atoms with van der Waals surface area (Å²) in [6.45, 7) is 7.65. The molecule has 0 N–H and O–H groups in total. The summed E-state index contributed by atoms with van der Waals surface area (Å²) in [5.41, 5.74) is 4.91. The normalized spacial score (nSPS) is 18.1. The third-order valence-electron chi connectivity index (χ3n) is 8.41. The molecule has 0 spiro atoms. The summed E-state index contributed by atoms with van der Waals surface area (Å²) < 4.78 is 27.3. The highest BCUT2D eigenvalue weighted by atomic mass is 32.1. The Balaban J connectivity index is 1.60. The van der Waals surface area contributed by atoms with Gasteiger partial charge in [0.1, 0.15) is 6.04 Å². The summed E-state index contributed by atoms with van der Waals surface area (Å²) in [6.07, 6.45) is 4.25. The van der Waals surface area contributed by atoms with Crippen LogP contribution in [0.15, 0.2) is 70.0 Å². The monoisotopic (exact) mass is 627 g/mol. The lowest BCUT2D eigenvalue weighted by Crippen LogP contribution is -2.40. The molecule has 45 heavy (non-hydrogen) atoms. The molecule has 0 unspecified atom stereocenters. The van der Waals surface area contributed by atoms with Gasteiger partial charge in [0.15, 0.2) is 16.3 Å². The van der Waals surface area contributed by atoms with Gasteiger partial charge < -0.3 is 23.5 Å². The number of methoxy groups -OCH3 is 2. The van der Waals surface area contributed by atoms with Gasteiger partial charge in [0.25, 0.3) is 5.56 Å². The van der Waals surface area contributed by atoms with Crippen molar-refractivity contribution in [3.05, 3.63) is 108 Å². The molecule has 1 fully saturated rings. The average molecular weight is 628 g/mol. The van der Waals surface area contributed by atoms with Crippen molar-refractivity contribution < 1.29 is 23.7 Å². The number of para-hydroxylation sites is 1. The highest BCUT2D eigenvalue weighted by Crippen LogP contribution is 2.42. The number of carbonyl (C=O) groups excluding carboxylic acids is 1. The number of benzene rings is 2. The third-order valence-corrected chi connectivity index (χ3v) is 9.39. The van der Waals surface area contributed by atoms with Gasteiger partial charge >= 0.3 is 5.97 Å². The number of hydrogen-bond acceptors (Lipinski definition) is 8. The summed E-state index contributed by atoms with van der Waals surface area (Å²) in [7, 11) is 3.10. The molecule has 9 nitrogen and oxygen atoms in total. The zero-order valence-electron chi connectivity index (χ0n) is 26.2. The highest BCUT2D eigenvalue weighted by Gasteiger charge is 2.37. The predicted molar refractivity (Wildman–Crippen MR) is 173 cm³/mol. The number of esters is 1. The van der Waals surface area contributed by atoms with Crippen molar-refractivity contribution in [3.63, 3.8) is 0 Å². The quantitative estimate of drug-likeness (QED) is 0.253. The fraction of sp³-hybridized carbons (Fsp3) is 0.343. The van der Waals surface area contributed by atoms with E-state index < -0.39 is 12.0 Å². The Morgan fingerprint density at radius 1 is 1.11 bits per heavy atom. The molecule has 0 aliphatic carbocycles. The van der Waals surface area contributed by atoms with E-state index in [0.717, 1.165) is 48.5 Å². The molecule has 0 amide bonds. The number of thiazole rings is 1. The molecule has 2 atom stereocenters. The van der Waals surface area contributed by atoms with Gasteiger partial charge in [0.05, 0.1) is 42.7 Å². The molecular weight excluding hydrogens is 590 g/mol. The molecule has 1 saturated heterocycles. The van der Waals surface area contributed by atoms with E-state index in [0.29, 0.717) is 32.1 Å². The van der Waals surface area contributed by atoms with Crippen molar-refractivity contribution in [2.45, 2.75) is 52.3 Å².